The molecule has 0 aliphatic rings. The SMILES string of the molecule is CNC(=O)c1sc(NCc2ccc(F)c(F)c2)cc1N. The van der Waals surface area contributed by atoms with E-state index >= 15 is 0 Å². The number of anilines is 2. The van der Waals surface area contributed by atoms with Gasteiger partial charge >= 0.3 is 0 Å². The monoisotopic (exact) mass is 297 g/mol. The number of nitrogen functional groups attached to an aromatic ring is 1. The van der Waals surface area contributed by atoms with Gasteiger partial charge < -0.3 is 16.4 Å². The number of rotatable bonds is 4. The summed E-state index contributed by atoms with van der Waals surface area (Å²) in [5.41, 5.74) is 6.70. The van der Waals surface area contributed by atoms with E-state index in [4.69, 9.17) is 5.73 Å². The van der Waals surface area contributed by atoms with Crippen molar-refractivity contribution in [2.75, 3.05) is 18.1 Å². The van der Waals surface area contributed by atoms with E-state index in [1.54, 1.807) is 6.07 Å². The summed E-state index contributed by atoms with van der Waals surface area (Å²) in [5.74, 6) is -2.02. The number of nitrogens with two attached hydrogens (primary N) is 1. The van der Waals surface area contributed by atoms with Crippen LogP contribution in [0.25, 0.3) is 0 Å². The first kappa shape index (κ1) is 14.3. The van der Waals surface area contributed by atoms with Crippen LogP contribution in [0.5, 0.6) is 0 Å². The predicted molar refractivity (Wildman–Crippen MR) is 75.8 cm³/mol. The van der Waals surface area contributed by atoms with Gasteiger partial charge in [0, 0.05) is 13.6 Å². The molecule has 0 atom stereocenters. The zero-order chi connectivity index (χ0) is 14.7. The van der Waals surface area contributed by atoms with Crippen LogP contribution in [0, 0.1) is 11.6 Å². The molecule has 4 nitrogen and oxygen atoms in total. The van der Waals surface area contributed by atoms with Crippen LogP contribution < -0.4 is 16.4 Å². The second-order valence-corrected chi connectivity index (χ2v) is 5.13. The molecule has 0 fully saturated rings. The van der Waals surface area contributed by atoms with Gasteiger partial charge in [0.2, 0.25) is 0 Å². The van der Waals surface area contributed by atoms with Crippen LogP contribution in [0.3, 0.4) is 0 Å². The van der Waals surface area contributed by atoms with E-state index < -0.39 is 11.6 Å². The van der Waals surface area contributed by atoms with Gasteiger partial charge in [-0.2, -0.15) is 0 Å². The van der Waals surface area contributed by atoms with Crippen molar-refractivity contribution in [3.63, 3.8) is 0 Å². The van der Waals surface area contributed by atoms with Gasteiger partial charge in [0.05, 0.1) is 10.7 Å². The van der Waals surface area contributed by atoms with Crippen LogP contribution in [-0.2, 0) is 6.54 Å². The normalized spacial score (nSPS) is 10.3. The van der Waals surface area contributed by atoms with Crippen LogP contribution >= 0.6 is 11.3 Å². The van der Waals surface area contributed by atoms with Crippen LogP contribution in [0.15, 0.2) is 24.3 Å². The van der Waals surface area contributed by atoms with Gasteiger partial charge in [-0.1, -0.05) is 6.07 Å². The van der Waals surface area contributed by atoms with Crippen molar-refractivity contribution < 1.29 is 13.6 Å². The lowest BCUT2D eigenvalue weighted by molar-refractivity contribution is 0.0968. The van der Waals surface area contributed by atoms with Crippen molar-refractivity contribution >= 4 is 27.9 Å². The van der Waals surface area contributed by atoms with Gasteiger partial charge in [0.1, 0.15) is 4.88 Å². The highest BCUT2D eigenvalue weighted by molar-refractivity contribution is 7.18. The van der Waals surface area contributed by atoms with Crippen molar-refractivity contribution in [2.24, 2.45) is 0 Å². The number of carbonyl (C=O) groups excluding carboxylic acids is 1. The van der Waals surface area contributed by atoms with Crippen LogP contribution in [0.2, 0.25) is 0 Å². The lowest BCUT2D eigenvalue weighted by atomic mass is 10.2. The molecule has 0 unspecified atom stereocenters. The molecule has 106 valence electrons. The molecular weight excluding hydrogens is 284 g/mol. The second kappa shape index (κ2) is 5.87. The van der Waals surface area contributed by atoms with Crippen molar-refractivity contribution in [1.82, 2.24) is 5.32 Å². The Morgan fingerprint density at radius 3 is 2.70 bits per heavy atom. The molecule has 0 aliphatic carbocycles. The smallest absolute Gasteiger partial charge is 0.263 e. The predicted octanol–water partition coefficient (Wildman–Crippen LogP) is 2.58. The molecular formula is C13H13F2N3OS. The Kier molecular flexibility index (Phi) is 4.19. The maximum absolute atomic E-state index is 13.1. The molecule has 0 bridgehead atoms. The number of nitrogens with one attached hydrogen (secondary N) is 2. The summed E-state index contributed by atoms with van der Waals surface area (Å²) in [6, 6.07) is 5.32. The number of hydrogen-bond acceptors (Lipinski definition) is 4. The lowest BCUT2D eigenvalue weighted by Crippen LogP contribution is -2.17. The highest BCUT2D eigenvalue weighted by Gasteiger charge is 2.13. The first-order valence-corrected chi connectivity index (χ1v) is 6.62. The molecule has 1 heterocycles. The average molecular weight is 297 g/mol. The minimum atomic E-state index is -0.888. The van der Waals surface area contributed by atoms with E-state index in [2.05, 4.69) is 10.6 Å². The topological polar surface area (TPSA) is 67.2 Å². The van der Waals surface area contributed by atoms with Crippen LogP contribution in [-0.4, -0.2) is 13.0 Å². The van der Waals surface area contributed by atoms with Crippen molar-refractivity contribution in [1.29, 1.82) is 0 Å². The van der Waals surface area contributed by atoms with E-state index in [1.807, 2.05) is 0 Å². The van der Waals surface area contributed by atoms with Crippen molar-refractivity contribution in [2.45, 2.75) is 6.54 Å². The summed E-state index contributed by atoms with van der Waals surface area (Å²) in [6.07, 6.45) is 0. The first-order chi connectivity index (χ1) is 9.51. The summed E-state index contributed by atoms with van der Waals surface area (Å²) >= 11 is 1.20. The largest absolute Gasteiger partial charge is 0.397 e. The molecule has 0 spiro atoms. The summed E-state index contributed by atoms with van der Waals surface area (Å²) in [6.45, 7) is 0.310. The standard InChI is InChI=1S/C13H13F2N3OS/c1-17-13(19)12-10(16)5-11(20-12)18-6-7-2-3-8(14)9(15)4-7/h2-5,18H,6,16H2,1H3,(H,17,19). The van der Waals surface area contributed by atoms with Gasteiger partial charge in [0.25, 0.3) is 5.91 Å². The van der Waals surface area contributed by atoms with E-state index in [1.165, 1.54) is 24.5 Å². The fourth-order valence-electron chi connectivity index (χ4n) is 1.62. The first-order valence-electron chi connectivity index (χ1n) is 5.80. The summed E-state index contributed by atoms with van der Waals surface area (Å²) in [7, 11) is 1.52. The fourth-order valence-corrected chi connectivity index (χ4v) is 2.54. The van der Waals surface area contributed by atoms with Gasteiger partial charge in [0.15, 0.2) is 11.6 Å². The molecule has 7 heteroatoms. The Bertz CT molecular complexity index is 643. The molecule has 0 radical (unpaired) electrons. The molecule has 0 saturated carbocycles. The maximum Gasteiger partial charge on any atom is 0.263 e. The number of amides is 1. The van der Waals surface area contributed by atoms with Gasteiger partial charge in [-0.05, 0) is 23.8 Å². The van der Waals surface area contributed by atoms with Gasteiger partial charge in [-0.15, -0.1) is 11.3 Å². The summed E-state index contributed by atoms with van der Waals surface area (Å²) < 4.78 is 25.8. The third kappa shape index (κ3) is 3.05. The Morgan fingerprint density at radius 1 is 1.30 bits per heavy atom. The Balaban J connectivity index is 2.07. The number of hydrogen-bond donors (Lipinski definition) is 3. The Morgan fingerprint density at radius 2 is 2.05 bits per heavy atom. The van der Waals surface area contributed by atoms with Crippen LogP contribution in [0.1, 0.15) is 15.2 Å². The molecule has 1 aromatic heterocycles. The fraction of sp³-hybridized carbons (Fsp3) is 0.154. The highest BCUT2D eigenvalue weighted by atomic mass is 32.1. The average Bonchev–Trinajstić information content (AvgIpc) is 2.80. The third-order valence-electron chi connectivity index (χ3n) is 2.64. The van der Waals surface area contributed by atoms with E-state index in [0.717, 1.165) is 12.1 Å². The Labute approximate surface area is 118 Å². The summed E-state index contributed by atoms with van der Waals surface area (Å²) in [4.78, 5) is 11.9. The Hall–Kier alpha value is -2.15. The molecule has 1 aromatic carbocycles. The molecule has 2 aromatic rings. The molecule has 0 saturated heterocycles. The molecule has 0 aliphatic heterocycles. The van der Waals surface area contributed by atoms with E-state index in [0.29, 0.717) is 27.7 Å². The number of halogens is 2. The quantitative estimate of drug-likeness (QED) is 0.812. The molecule has 4 N–H and O–H groups in total. The third-order valence-corrected chi connectivity index (χ3v) is 3.75. The minimum Gasteiger partial charge on any atom is -0.397 e. The maximum atomic E-state index is 13.1. The number of carbonyl (C=O) groups is 1. The van der Waals surface area contributed by atoms with Gasteiger partial charge in [-0.3, -0.25) is 4.79 Å². The molecule has 20 heavy (non-hydrogen) atoms. The van der Waals surface area contributed by atoms with E-state index in [-0.39, 0.29) is 5.91 Å². The number of thiophene rings is 1. The van der Waals surface area contributed by atoms with Gasteiger partial charge in [-0.25, -0.2) is 8.78 Å². The minimum absolute atomic E-state index is 0.256. The highest BCUT2D eigenvalue weighted by Crippen LogP contribution is 2.29. The van der Waals surface area contributed by atoms with Crippen LogP contribution in [0.4, 0.5) is 19.5 Å². The zero-order valence-electron chi connectivity index (χ0n) is 10.7. The van der Waals surface area contributed by atoms with E-state index in [9.17, 15) is 13.6 Å². The molecule has 1 amide bonds. The lowest BCUT2D eigenvalue weighted by Gasteiger charge is -2.04. The van der Waals surface area contributed by atoms with Crippen molar-refractivity contribution in [3.8, 4) is 0 Å². The summed E-state index contributed by atoms with van der Waals surface area (Å²) in [5, 5.41) is 6.20. The molecule has 2 rings (SSSR count). The number of benzene rings is 1. The van der Waals surface area contributed by atoms with Crippen molar-refractivity contribution in [3.05, 3.63) is 46.3 Å². The second-order valence-electron chi connectivity index (χ2n) is 4.08. The zero-order valence-corrected chi connectivity index (χ0v) is 11.5.